The van der Waals surface area contributed by atoms with Crippen molar-refractivity contribution in [3.05, 3.63) is 34.1 Å². The zero-order valence-corrected chi connectivity index (χ0v) is 13.4. The van der Waals surface area contributed by atoms with Gasteiger partial charge in [0.25, 0.3) is 5.91 Å². The number of rotatable bonds is 3. The van der Waals surface area contributed by atoms with Crippen molar-refractivity contribution in [2.75, 3.05) is 13.1 Å². The van der Waals surface area contributed by atoms with Gasteiger partial charge < -0.3 is 10.0 Å². The summed E-state index contributed by atoms with van der Waals surface area (Å²) in [6.07, 6.45) is 1.53. The molecule has 1 aliphatic heterocycles. The van der Waals surface area contributed by atoms with Crippen molar-refractivity contribution in [3.63, 3.8) is 0 Å². The van der Waals surface area contributed by atoms with Crippen LogP contribution in [0.25, 0.3) is 0 Å². The molecular weight excluding hydrogens is 309 g/mol. The molecule has 4 nitrogen and oxygen atoms in total. The zero-order chi connectivity index (χ0) is 16.5. The fraction of sp³-hybridized carbons (Fsp3) is 0.500. The monoisotopic (exact) mass is 327 g/mol. The summed E-state index contributed by atoms with van der Waals surface area (Å²) >= 11 is 6.08. The molecule has 1 atom stereocenters. The van der Waals surface area contributed by atoms with Gasteiger partial charge in [-0.15, -0.1) is 0 Å². The van der Waals surface area contributed by atoms with Gasteiger partial charge in [-0.25, -0.2) is 4.39 Å². The van der Waals surface area contributed by atoms with Crippen molar-refractivity contribution in [3.8, 4) is 0 Å². The Morgan fingerprint density at radius 3 is 2.73 bits per heavy atom. The maximum absolute atomic E-state index is 14.0. The number of carboxylic acids is 1. The van der Waals surface area contributed by atoms with E-state index in [0.29, 0.717) is 31.4 Å². The summed E-state index contributed by atoms with van der Waals surface area (Å²) in [7, 11) is 0. The molecule has 1 fully saturated rings. The lowest BCUT2D eigenvalue weighted by Crippen LogP contribution is -2.49. The van der Waals surface area contributed by atoms with Gasteiger partial charge in [0, 0.05) is 13.1 Å². The van der Waals surface area contributed by atoms with E-state index in [-0.39, 0.29) is 17.1 Å². The summed E-state index contributed by atoms with van der Waals surface area (Å²) in [5, 5.41) is 9.56. The van der Waals surface area contributed by atoms with E-state index in [1.165, 1.54) is 17.0 Å². The second kappa shape index (κ2) is 6.24. The molecule has 0 bridgehead atoms. The van der Waals surface area contributed by atoms with Crippen LogP contribution >= 0.6 is 11.6 Å². The van der Waals surface area contributed by atoms with Crippen LogP contribution in [-0.2, 0) is 4.79 Å². The maximum atomic E-state index is 14.0. The summed E-state index contributed by atoms with van der Waals surface area (Å²) in [5.74, 6) is -2.13. The van der Waals surface area contributed by atoms with Crippen LogP contribution in [0, 0.1) is 18.2 Å². The molecule has 1 amide bonds. The molecule has 0 spiro atoms. The van der Waals surface area contributed by atoms with Crippen LogP contribution in [0.15, 0.2) is 12.1 Å². The molecule has 0 aromatic heterocycles. The Labute approximate surface area is 133 Å². The zero-order valence-electron chi connectivity index (χ0n) is 12.7. The van der Waals surface area contributed by atoms with Gasteiger partial charge in [-0.3, -0.25) is 9.59 Å². The van der Waals surface area contributed by atoms with Gasteiger partial charge >= 0.3 is 5.97 Å². The number of hydrogen-bond acceptors (Lipinski definition) is 2. The number of aliphatic carboxylic acids is 1. The van der Waals surface area contributed by atoms with E-state index in [1.54, 1.807) is 13.8 Å². The second-order valence-corrected chi connectivity index (χ2v) is 6.20. The molecule has 2 rings (SSSR count). The molecule has 120 valence electrons. The van der Waals surface area contributed by atoms with Gasteiger partial charge in [-0.1, -0.05) is 24.6 Å². The summed E-state index contributed by atoms with van der Waals surface area (Å²) in [6, 6.07) is 2.72. The first-order valence-corrected chi connectivity index (χ1v) is 7.67. The Hall–Kier alpha value is -1.62. The van der Waals surface area contributed by atoms with E-state index < -0.39 is 23.1 Å². The highest BCUT2D eigenvalue weighted by Crippen LogP contribution is 2.35. The highest BCUT2D eigenvalue weighted by atomic mass is 35.5. The Balaban J connectivity index is 2.34. The van der Waals surface area contributed by atoms with E-state index >= 15 is 0 Å². The number of carbonyl (C=O) groups excluding carboxylic acids is 1. The van der Waals surface area contributed by atoms with Crippen molar-refractivity contribution in [1.82, 2.24) is 4.90 Å². The predicted octanol–water partition coefficient (Wildman–Crippen LogP) is 3.50. The third kappa shape index (κ3) is 2.82. The molecule has 1 aromatic rings. The Morgan fingerprint density at radius 1 is 1.45 bits per heavy atom. The number of benzene rings is 1. The number of carbonyl (C=O) groups is 2. The Morgan fingerprint density at radius 2 is 2.14 bits per heavy atom. The summed E-state index contributed by atoms with van der Waals surface area (Å²) in [6.45, 7) is 3.99. The molecule has 1 heterocycles. The van der Waals surface area contributed by atoms with E-state index in [2.05, 4.69) is 0 Å². The lowest BCUT2D eigenvalue weighted by atomic mass is 9.77. The summed E-state index contributed by atoms with van der Waals surface area (Å²) in [4.78, 5) is 25.6. The number of piperidine rings is 1. The maximum Gasteiger partial charge on any atom is 0.311 e. The number of aryl methyl sites for hydroxylation is 1. The summed E-state index contributed by atoms with van der Waals surface area (Å²) in [5.41, 5.74) is -0.511. The van der Waals surface area contributed by atoms with Crippen LogP contribution in [-0.4, -0.2) is 35.0 Å². The third-order valence-corrected chi connectivity index (χ3v) is 4.98. The van der Waals surface area contributed by atoms with Gasteiger partial charge in [0.1, 0.15) is 5.82 Å². The third-order valence-electron chi connectivity index (χ3n) is 4.49. The largest absolute Gasteiger partial charge is 0.481 e. The first kappa shape index (κ1) is 16.7. The normalized spacial score (nSPS) is 21.7. The first-order chi connectivity index (χ1) is 10.3. The smallest absolute Gasteiger partial charge is 0.311 e. The standard InChI is InChI=1S/C16H19ClFNO3/c1-3-16(15(21)22)7-4-8-19(9-16)14(20)12-11(18)6-5-10(2)13(12)17/h5-6H,3-4,7-9H2,1-2H3,(H,21,22)/t16-/m0/s1. The molecule has 6 heteroatoms. The van der Waals surface area contributed by atoms with Crippen molar-refractivity contribution < 1.29 is 19.1 Å². The number of nitrogens with zero attached hydrogens (tertiary/aromatic N) is 1. The number of likely N-dealkylation sites (tertiary alicyclic amines) is 1. The Kier molecular flexibility index (Phi) is 4.75. The average Bonchev–Trinajstić information content (AvgIpc) is 2.51. The number of amides is 1. The topological polar surface area (TPSA) is 57.6 Å². The number of carboxylic acid groups (broad SMARTS) is 1. The van der Waals surface area contributed by atoms with E-state index in [1.807, 2.05) is 0 Å². The van der Waals surface area contributed by atoms with Crippen LogP contribution in [0.5, 0.6) is 0 Å². The number of halogens is 2. The number of hydrogen-bond donors (Lipinski definition) is 1. The minimum absolute atomic E-state index is 0.0847. The van der Waals surface area contributed by atoms with Gasteiger partial charge in [0.15, 0.2) is 0 Å². The van der Waals surface area contributed by atoms with Crippen LogP contribution < -0.4 is 0 Å². The van der Waals surface area contributed by atoms with Crippen molar-refractivity contribution in [2.45, 2.75) is 33.1 Å². The lowest BCUT2D eigenvalue weighted by molar-refractivity contribution is -0.152. The van der Waals surface area contributed by atoms with Gasteiger partial charge in [0.2, 0.25) is 0 Å². The molecule has 1 N–H and O–H groups in total. The molecule has 0 radical (unpaired) electrons. The lowest BCUT2D eigenvalue weighted by Gasteiger charge is -2.39. The van der Waals surface area contributed by atoms with Crippen LogP contribution in [0.1, 0.15) is 42.1 Å². The predicted molar refractivity (Wildman–Crippen MR) is 81.6 cm³/mol. The van der Waals surface area contributed by atoms with Gasteiger partial charge in [-0.2, -0.15) is 0 Å². The minimum Gasteiger partial charge on any atom is -0.481 e. The minimum atomic E-state index is -0.958. The first-order valence-electron chi connectivity index (χ1n) is 7.29. The molecule has 0 unspecified atom stereocenters. The van der Waals surface area contributed by atoms with Crippen LogP contribution in [0.4, 0.5) is 4.39 Å². The highest BCUT2D eigenvalue weighted by Gasteiger charge is 2.42. The molecule has 22 heavy (non-hydrogen) atoms. The second-order valence-electron chi connectivity index (χ2n) is 5.82. The van der Waals surface area contributed by atoms with E-state index in [0.717, 1.165) is 0 Å². The fourth-order valence-electron chi connectivity index (χ4n) is 2.93. The molecule has 0 saturated carbocycles. The average molecular weight is 328 g/mol. The molecule has 1 aromatic carbocycles. The SMILES string of the molecule is CC[C@]1(C(=O)O)CCCN(C(=O)c2c(F)ccc(C)c2Cl)C1. The van der Waals surface area contributed by atoms with Gasteiger partial charge in [-0.05, 0) is 37.8 Å². The molecular formula is C16H19ClFNO3. The Bertz CT molecular complexity index is 620. The van der Waals surface area contributed by atoms with E-state index in [9.17, 15) is 19.1 Å². The molecule has 1 saturated heterocycles. The highest BCUT2D eigenvalue weighted by molar-refractivity contribution is 6.34. The van der Waals surface area contributed by atoms with Crippen LogP contribution in [0.3, 0.4) is 0 Å². The van der Waals surface area contributed by atoms with Crippen molar-refractivity contribution in [1.29, 1.82) is 0 Å². The van der Waals surface area contributed by atoms with E-state index in [4.69, 9.17) is 11.6 Å². The quantitative estimate of drug-likeness (QED) is 0.924. The van der Waals surface area contributed by atoms with Crippen molar-refractivity contribution >= 4 is 23.5 Å². The van der Waals surface area contributed by atoms with Crippen molar-refractivity contribution in [2.24, 2.45) is 5.41 Å². The molecule has 0 aliphatic carbocycles. The molecule has 1 aliphatic rings. The summed E-state index contributed by atoms with van der Waals surface area (Å²) < 4.78 is 14.0. The fourth-order valence-corrected chi connectivity index (χ4v) is 3.16. The van der Waals surface area contributed by atoms with Gasteiger partial charge in [0.05, 0.1) is 16.0 Å². The van der Waals surface area contributed by atoms with Crippen LogP contribution in [0.2, 0.25) is 5.02 Å².